The Kier molecular flexibility index (Phi) is 2.01. The van der Waals surface area contributed by atoms with Crippen molar-refractivity contribution in [3.05, 3.63) is 0 Å². The van der Waals surface area contributed by atoms with E-state index in [1.54, 1.807) is 11.8 Å². The van der Waals surface area contributed by atoms with Crippen molar-refractivity contribution in [1.82, 2.24) is 4.90 Å². The highest BCUT2D eigenvalue weighted by atomic mass is 32.2. The van der Waals surface area contributed by atoms with Gasteiger partial charge in [-0.2, -0.15) is 0 Å². The van der Waals surface area contributed by atoms with Crippen molar-refractivity contribution in [2.75, 3.05) is 12.8 Å². The normalized spacial score (nSPS) is 27.6. The molecule has 0 spiro atoms. The standard InChI is InChI=1S/C6H11NOS/c1-3-6-7(2)5(8)4-9-6/h6H,3-4H2,1-2H3. The number of amides is 1. The quantitative estimate of drug-likeness (QED) is 0.547. The van der Waals surface area contributed by atoms with Crippen LogP contribution in [0.15, 0.2) is 0 Å². The van der Waals surface area contributed by atoms with Crippen molar-refractivity contribution in [2.24, 2.45) is 0 Å². The van der Waals surface area contributed by atoms with Gasteiger partial charge in [-0.3, -0.25) is 4.79 Å². The minimum atomic E-state index is 0.270. The molecule has 9 heavy (non-hydrogen) atoms. The molecule has 1 aliphatic heterocycles. The number of carbonyl (C=O) groups excluding carboxylic acids is 1. The molecule has 0 aromatic rings. The number of hydrogen-bond acceptors (Lipinski definition) is 2. The Hall–Kier alpha value is -0.180. The summed E-state index contributed by atoms with van der Waals surface area (Å²) in [5.41, 5.74) is 0. The highest BCUT2D eigenvalue weighted by Gasteiger charge is 2.25. The minimum absolute atomic E-state index is 0.270. The van der Waals surface area contributed by atoms with Crippen molar-refractivity contribution >= 4 is 17.7 Å². The first-order chi connectivity index (χ1) is 4.25. The van der Waals surface area contributed by atoms with Crippen LogP contribution in [0.4, 0.5) is 0 Å². The molecule has 1 unspecified atom stereocenters. The van der Waals surface area contributed by atoms with Crippen LogP contribution in [0, 0.1) is 0 Å². The predicted molar refractivity (Wildman–Crippen MR) is 39.3 cm³/mol. The minimum Gasteiger partial charge on any atom is -0.333 e. The van der Waals surface area contributed by atoms with Crippen LogP contribution in [0.1, 0.15) is 13.3 Å². The second kappa shape index (κ2) is 2.60. The molecule has 0 saturated carbocycles. The summed E-state index contributed by atoms with van der Waals surface area (Å²) in [7, 11) is 1.87. The molecule has 52 valence electrons. The summed E-state index contributed by atoms with van der Waals surface area (Å²) in [5, 5.41) is 0.442. The predicted octanol–water partition coefficient (Wildman–Crippen LogP) is 0.928. The van der Waals surface area contributed by atoms with E-state index in [-0.39, 0.29) is 5.91 Å². The van der Waals surface area contributed by atoms with Crippen molar-refractivity contribution in [3.8, 4) is 0 Å². The third-order valence-electron chi connectivity index (χ3n) is 1.57. The third kappa shape index (κ3) is 1.21. The lowest BCUT2D eigenvalue weighted by atomic mass is 10.4. The fraction of sp³-hybridized carbons (Fsp3) is 0.833. The molecule has 1 saturated heterocycles. The van der Waals surface area contributed by atoms with Gasteiger partial charge in [-0.1, -0.05) is 6.92 Å². The molecule has 1 atom stereocenters. The zero-order chi connectivity index (χ0) is 6.85. The van der Waals surface area contributed by atoms with Gasteiger partial charge < -0.3 is 4.90 Å². The molecule has 1 heterocycles. The number of carbonyl (C=O) groups is 1. The number of hydrogen-bond donors (Lipinski definition) is 0. The summed E-state index contributed by atoms with van der Waals surface area (Å²) in [6.45, 7) is 2.10. The van der Waals surface area contributed by atoms with Crippen LogP contribution < -0.4 is 0 Å². The van der Waals surface area contributed by atoms with E-state index in [0.717, 1.165) is 6.42 Å². The van der Waals surface area contributed by atoms with Crippen molar-refractivity contribution in [1.29, 1.82) is 0 Å². The zero-order valence-corrected chi connectivity index (χ0v) is 6.57. The van der Waals surface area contributed by atoms with E-state index < -0.39 is 0 Å². The lowest BCUT2D eigenvalue weighted by molar-refractivity contribution is -0.126. The Labute approximate surface area is 59.6 Å². The fourth-order valence-corrected chi connectivity index (χ4v) is 2.05. The Morgan fingerprint density at radius 3 is 2.78 bits per heavy atom. The molecule has 0 bridgehead atoms. The van der Waals surface area contributed by atoms with Gasteiger partial charge in [0.25, 0.3) is 0 Å². The van der Waals surface area contributed by atoms with Crippen LogP contribution in [0.5, 0.6) is 0 Å². The van der Waals surface area contributed by atoms with Gasteiger partial charge in [-0.05, 0) is 6.42 Å². The highest BCUT2D eigenvalue weighted by molar-refractivity contribution is 8.00. The van der Waals surface area contributed by atoms with Gasteiger partial charge in [0.2, 0.25) is 5.91 Å². The van der Waals surface area contributed by atoms with E-state index >= 15 is 0 Å². The summed E-state index contributed by atoms with van der Waals surface area (Å²) in [6, 6.07) is 0. The van der Waals surface area contributed by atoms with Gasteiger partial charge in [0.15, 0.2) is 0 Å². The van der Waals surface area contributed by atoms with Gasteiger partial charge in [-0.15, -0.1) is 11.8 Å². The van der Waals surface area contributed by atoms with Crippen LogP contribution in [0.3, 0.4) is 0 Å². The molecule has 1 aliphatic rings. The van der Waals surface area contributed by atoms with Crippen LogP contribution >= 0.6 is 11.8 Å². The largest absolute Gasteiger partial charge is 0.333 e. The molecular formula is C6H11NOS. The second-order valence-electron chi connectivity index (χ2n) is 2.18. The van der Waals surface area contributed by atoms with Crippen molar-refractivity contribution in [3.63, 3.8) is 0 Å². The number of thioether (sulfide) groups is 1. The first-order valence-electron chi connectivity index (χ1n) is 3.13. The molecule has 0 aromatic carbocycles. The molecular weight excluding hydrogens is 134 g/mol. The zero-order valence-electron chi connectivity index (χ0n) is 5.76. The van der Waals surface area contributed by atoms with E-state index in [1.165, 1.54) is 0 Å². The smallest absolute Gasteiger partial charge is 0.233 e. The number of rotatable bonds is 1. The monoisotopic (exact) mass is 145 g/mol. The van der Waals surface area contributed by atoms with E-state index in [9.17, 15) is 4.79 Å². The lowest BCUT2D eigenvalue weighted by Gasteiger charge is -2.15. The van der Waals surface area contributed by atoms with E-state index in [4.69, 9.17) is 0 Å². The molecule has 0 aliphatic carbocycles. The summed E-state index contributed by atoms with van der Waals surface area (Å²) in [5.74, 6) is 0.946. The first kappa shape index (κ1) is 6.93. The molecule has 2 nitrogen and oxygen atoms in total. The van der Waals surface area contributed by atoms with Crippen LogP contribution in [-0.4, -0.2) is 29.0 Å². The first-order valence-corrected chi connectivity index (χ1v) is 4.18. The van der Waals surface area contributed by atoms with Gasteiger partial charge in [-0.25, -0.2) is 0 Å². The maximum Gasteiger partial charge on any atom is 0.233 e. The van der Waals surface area contributed by atoms with Crippen molar-refractivity contribution in [2.45, 2.75) is 18.7 Å². The molecule has 0 aromatic heterocycles. The summed E-state index contributed by atoms with van der Waals surface area (Å²) >= 11 is 1.73. The summed E-state index contributed by atoms with van der Waals surface area (Å²) < 4.78 is 0. The van der Waals surface area contributed by atoms with Crippen LogP contribution in [-0.2, 0) is 4.79 Å². The van der Waals surface area contributed by atoms with Gasteiger partial charge in [0, 0.05) is 7.05 Å². The highest BCUT2D eigenvalue weighted by Crippen LogP contribution is 2.24. The second-order valence-corrected chi connectivity index (χ2v) is 3.34. The fourth-order valence-electron chi connectivity index (χ4n) is 0.933. The van der Waals surface area contributed by atoms with E-state index in [2.05, 4.69) is 6.92 Å². The van der Waals surface area contributed by atoms with E-state index in [1.807, 2.05) is 11.9 Å². The molecule has 0 N–H and O–H groups in total. The van der Waals surface area contributed by atoms with Gasteiger partial charge in [0.1, 0.15) is 0 Å². The summed E-state index contributed by atoms with van der Waals surface area (Å²) in [6.07, 6.45) is 1.06. The Morgan fingerprint density at radius 2 is 2.56 bits per heavy atom. The molecule has 1 amide bonds. The maximum atomic E-state index is 10.8. The topological polar surface area (TPSA) is 20.3 Å². The van der Waals surface area contributed by atoms with Crippen molar-refractivity contribution < 1.29 is 4.79 Å². The molecule has 3 heteroatoms. The Morgan fingerprint density at radius 1 is 1.89 bits per heavy atom. The molecule has 0 radical (unpaired) electrons. The molecule has 1 rings (SSSR count). The molecule has 1 fully saturated rings. The van der Waals surface area contributed by atoms with Gasteiger partial charge in [0.05, 0.1) is 11.1 Å². The average molecular weight is 145 g/mol. The Bertz CT molecular complexity index is 126. The summed E-state index contributed by atoms with van der Waals surface area (Å²) in [4.78, 5) is 12.7. The lowest BCUT2D eigenvalue weighted by Crippen LogP contribution is -2.27. The number of nitrogens with zero attached hydrogens (tertiary/aromatic N) is 1. The maximum absolute atomic E-state index is 10.8. The SMILES string of the molecule is CCC1SCC(=O)N1C. The Balaban J connectivity index is 2.51. The van der Waals surface area contributed by atoms with E-state index in [0.29, 0.717) is 11.1 Å². The van der Waals surface area contributed by atoms with Crippen LogP contribution in [0.25, 0.3) is 0 Å². The van der Waals surface area contributed by atoms with Gasteiger partial charge >= 0.3 is 0 Å². The average Bonchev–Trinajstić information content (AvgIpc) is 2.15. The third-order valence-corrected chi connectivity index (χ3v) is 3.02. The van der Waals surface area contributed by atoms with Crippen LogP contribution in [0.2, 0.25) is 0 Å².